The van der Waals surface area contributed by atoms with Crippen LogP contribution in [0.25, 0.3) is 0 Å². The molecule has 0 radical (unpaired) electrons. The van der Waals surface area contributed by atoms with Crippen molar-refractivity contribution in [2.24, 2.45) is 46.3 Å². The minimum absolute atomic E-state index is 0. The number of hydrogen-bond donors (Lipinski definition) is 1. The van der Waals surface area contributed by atoms with Crippen LogP contribution in [0.2, 0.25) is 0 Å². The summed E-state index contributed by atoms with van der Waals surface area (Å²) in [6.07, 6.45) is 23.2. The van der Waals surface area contributed by atoms with Gasteiger partial charge in [-0.2, -0.15) is 0 Å². The van der Waals surface area contributed by atoms with E-state index in [0.717, 1.165) is 36.5 Å². The minimum Gasteiger partial charge on any atom is -0.442 e. The second kappa shape index (κ2) is 23.3. The Morgan fingerprint density at radius 2 is 1.29 bits per heavy atom. The lowest BCUT2D eigenvalue weighted by Crippen LogP contribution is -2.53. The largest absolute Gasteiger partial charge is 0.442 e. The van der Waals surface area contributed by atoms with E-state index >= 15 is 0 Å². The Hall–Kier alpha value is -1.06. The van der Waals surface area contributed by atoms with Gasteiger partial charge in [0.05, 0.1) is 0 Å². The predicted octanol–water partition coefficient (Wildman–Crippen LogP) is 12.8. The lowest BCUT2D eigenvalue weighted by molar-refractivity contribution is -0.139. The number of fused-ring (bicyclic) bond motifs is 5. The number of amides is 1. The van der Waals surface area contributed by atoms with Gasteiger partial charge in [-0.05, 0) is 98.2 Å². The number of ketones is 1. The SMILES string of the molecule is C.CC.CCCC.CCCCCCCC.CCCNC(=O)OCC(=O)C1CCC2C3CCC4CC(C)CCC4(C)C3CCC12C. The third-order valence-corrected chi connectivity index (χ3v) is 12.1. The number of carbonyl (C=O) groups excluding carboxylic acids is 2. The second-order valence-electron chi connectivity index (χ2n) is 15.1. The van der Waals surface area contributed by atoms with E-state index in [1.54, 1.807) is 0 Å². The molecule has 4 rings (SSSR count). The first-order valence-corrected chi connectivity index (χ1v) is 19.6. The summed E-state index contributed by atoms with van der Waals surface area (Å²) in [5, 5.41) is 2.70. The lowest BCUT2D eigenvalue weighted by atomic mass is 9.44. The number of alkyl carbamates (subject to hydrolysis) is 1. The minimum atomic E-state index is -0.452. The van der Waals surface area contributed by atoms with Crippen molar-refractivity contribution in [2.45, 2.75) is 192 Å². The molecule has 4 nitrogen and oxygen atoms in total. The zero-order chi connectivity index (χ0) is 33.2. The van der Waals surface area contributed by atoms with Crippen LogP contribution in [-0.2, 0) is 9.53 Å². The van der Waals surface area contributed by atoms with Crippen LogP contribution in [0.1, 0.15) is 192 Å². The maximum atomic E-state index is 13.1. The molecule has 0 aliphatic heterocycles. The van der Waals surface area contributed by atoms with Gasteiger partial charge in [0.15, 0.2) is 12.4 Å². The zero-order valence-electron chi connectivity index (χ0n) is 31.3. The van der Waals surface area contributed by atoms with Gasteiger partial charge in [-0.1, -0.05) is 134 Å². The van der Waals surface area contributed by atoms with E-state index in [-0.39, 0.29) is 31.1 Å². The number of unbranched alkanes of at least 4 members (excludes halogenated alkanes) is 6. The maximum Gasteiger partial charge on any atom is 0.407 e. The Kier molecular flexibility index (Phi) is 22.7. The van der Waals surface area contributed by atoms with Crippen molar-refractivity contribution in [1.29, 1.82) is 0 Å². The molecule has 4 saturated carbocycles. The van der Waals surface area contributed by atoms with Crippen LogP contribution in [-0.4, -0.2) is 25.0 Å². The highest BCUT2D eigenvalue weighted by Crippen LogP contribution is 2.67. The Morgan fingerprint density at radius 1 is 0.711 bits per heavy atom. The van der Waals surface area contributed by atoms with Crippen LogP contribution in [0.5, 0.6) is 0 Å². The van der Waals surface area contributed by atoms with E-state index in [4.69, 9.17) is 4.74 Å². The van der Waals surface area contributed by atoms with Crippen molar-refractivity contribution in [3.63, 3.8) is 0 Å². The van der Waals surface area contributed by atoms with Crippen molar-refractivity contribution in [1.82, 2.24) is 5.32 Å². The smallest absolute Gasteiger partial charge is 0.407 e. The van der Waals surface area contributed by atoms with Crippen LogP contribution in [0.3, 0.4) is 0 Å². The maximum absolute atomic E-state index is 13.1. The molecule has 0 bridgehead atoms. The fourth-order valence-corrected chi connectivity index (χ4v) is 9.37. The molecule has 1 N–H and O–H groups in total. The monoisotopic (exact) mass is 636 g/mol. The molecule has 4 aliphatic rings. The molecule has 268 valence electrons. The highest BCUT2D eigenvalue weighted by molar-refractivity contribution is 5.85. The first-order chi connectivity index (χ1) is 21.1. The van der Waals surface area contributed by atoms with Crippen LogP contribution >= 0.6 is 0 Å². The van der Waals surface area contributed by atoms with E-state index < -0.39 is 6.09 Å². The van der Waals surface area contributed by atoms with Crippen molar-refractivity contribution >= 4 is 11.9 Å². The van der Waals surface area contributed by atoms with Crippen molar-refractivity contribution < 1.29 is 14.3 Å². The summed E-state index contributed by atoms with van der Waals surface area (Å²) in [5.74, 6) is 4.36. The molecule has 8 unspecified atom stereocenters. The quantitative estimate of drug-likeness (QED) is 0.230. The van der Waals surface area contributed by atoms with Gasteiger partial charge in [0.1, 0.15) is 0 Å². The summed E-state index contributed by atoms with van der Waals surface area (Å²) in [6, 6.07) is 0. The molecule has 4 fully saturated rings. The summed E-state index contributed by atoms with van der Waals surface area (Å²) < 4.78 is 5.25. The van der Waals surface area contributed by atoms with Crippen molar-refractivity contribution in [3.8, 4) is 0 Å². The Labute approximate surface area is 282 Å². The Balaban J connectivity index is 0.00000109. The predicted molar refractivity (Wildman–Crippen MR) is 197 cm³/mol. The molecule has 4 aliphatic carbocycles. The number of ether oxygens (including phenoxy) is 1. The van der Waals surface area contributed by atoms with Crippen LogP contribution in [0, 0.1) is 46.3 Å². The third kappa shape index (κ3) is 12.5. The molecule has 4 heteroatoms. The van der Waals surface area contributed by atoms with Gasteiger partial charge in [0.25, 0.3) is 0 Å². The Bertz CT molecular complexity index is 775. The van der Waals surface area contributed by atoms with E-state index in [2.05, 4.69) is 53.8 Å². The fourth-order valence-electron chi connectivity index (χ4n) is 9.37. The average molecular weight is 636 g/mol. The lowest BCUT2D eigenvalue weighted by Gasteiger charge is -2.61. The van der Waals surface area contributed by atoms with Crippen molar-refractivity contribution in [3.05, 3.63) is 0 Å². The highest BCUT2D eigenvalue weighted by atomic mass is 16.5. The Morgan fingerprint density at radius 3 is 1.84 bits per heavy atom. The van der Waals surface area contributed by atoms with Crippen LogP contribution < -0.4 is 5.32 Å². The zero-order valence-corrected chi connectivity index (χ0v) is 31.3. The normalized spacial score (nSPS) is 32.6. The first kappa shape index (κ1) is 43.9. The van der Waals surface area contributed by atoms with E-state index in [1.807, 2.05) is 20.8 Å². The molecule has 0 aromatic rings. The highest BCUT2D eigenvalue weighted by Gasteiger charge is 2.61. The summed E-state index contributed by atoms with van der Waals surface area (Å²) in [6.45, 7) is 22.9. The number of Topliss-reactive ketones (excluding diaryl/α,β-unsaturated/α-hetero) is 1. The van der Waals surface area contributed by atoms with Gasteiger partial charge >= 0.3 is 6.09 Å². The molecule has 45 heavy (non-hydrogen) atoms. The molecular formula is C41H81NO3. The average Bonchev–Trinajstić information content (AvgIpc) is 3.40. The first-order valence-electron chi connectivity index (χ1n) is 19.6. The standard InChI is InChI=1S/C26H43NO3.C8H18.C4H10.C2H6.CH4/c1-5-14-27-24(29)30-16-23(28)22-9-8-20-19-7-6-18-15-17(2)10-12-25(18,3)21(19)11-13-26(20,22)4;1-3-5-7-8-6-4-2;1-3-4-2;1-2;/h17-22H,5-16H2,1-4H3,(H,27,29);3-8H2,1-2H3;3-4H2,1-2H3;1-2H3;1H4. The second-order valence-corrected chi connectivity index (χ2v) is 15.1. The van der Waals surface area contributed by atoms with E-state index in [0.29, 0.717) is 17.9 Å². The molecular weight excluding hydrogens is 554 g/mol. The van der Waals surface area contributed by atoms with Gasteiger partial charge in [0.2, 0.25) is 0 Å². The van der Waals surface area contributed by atoms with E-state index in [9.17, 15) is 9.59 Å². The molecule has 8 atom stereocenters. The van der Waals surface area contributed by atoms with Crippen LogP contribution in [0.4, 0.5) is 4.79 Å². The van der Waals surface area contributed by atoms with Gasteiger partial charge in [-0.3, -0.25) is 4.79 Å². The van der Waals surface area contributed by atoms with Crippen LogP contribution in [0.15, 0.2) is 0 Å². The molecule has 0 saturated heterocycles. The number of rotatable bonds is 11. The summed E-state index contributed by atoms with van der Waals surface area (Å²) >= 11 is 0. The molecule has 0 heterocycles. The fraction of sp³-hybridized carbons (Fsp3) is 0.951. The molecule has 0 spiro atoms. The third-order valence-electron chi connectivity index (χ3n) is 12.1. The van der Waals surface area contributed by atoms with Gasteiger partial charge in [0, 0.05) is 12.5 Å². The van der Waals surface area contributed by atoms with Gasteiger partial charge in [-0.15, -0.1) is 0 Å². The topological polar surface area (TPSA) is 55.4 Å². The van der Waals surface area contributed by atoms with Crippen molar-refractivity contribution in [2.75, 3.05) is 13.2 Å². The summed E-state index contributed by atoms with van der Waals surface area (Å²) in [5.41, 5.74) is 0.631. The van der Waals surface area contributed by atoms with Gasteiger partial charge in [-0.25, -0.2) is 4.79 Å². The van der Waals surface area contributed by atoms with E-state index in [1.165, 1.54) is 103 Å². The number of carbonyl (C=O) groups is 2. The number of nitrogens with one attached hydrogen (secondary N) is 1. The number of hydrogen-bond acceptors (Lipinski definition) is 3. The molecule has 1 amide bonds. The summed E-state index contributed by atoms with van der Waals surface area (Å²) in [4.78, 5) is 24.8. The molecule has 0 aromatic heterocycles. The summed E-state index contributed by atoms with van der Waals surface area (Å²) in [7, 11) is 0. The van der Waals surface area contributed by atoms with Gasteiger partial charge < -0.3 is 10.1 Å². The molecule has 0 aromatic carbocycles.